The molecule has 2 N–H and O–H groups in total. The summed E-state index contributed by atoms with van der Waals surface area (Å²) in [6.07, 6.45) is 4.36. The molecule has 2 aromatic carbocycles. The Morgan fingerprint density at radius 1 is 1.24 bits per heavy atom. The molecule has 33 heavy (non-hydrogen) atoms. The van der Waals surface area contributed by atoms with Crippen LogP contribution >= 0.6 is 0 Å². The zero-order valence-corrected chi connectivity index (χ0v) is 18.6. The molecule has 1 aromatic heterocycles. The summed E-state index contributed by atoms with van der Waals surface area (Å²) in [6.45, 7) is 4.02. The molecule has 8 heteroatoms. The Hall–Kier alpha value is -3.26. The zero-order chi connectivity index (χ0) is 22.8. The highest BCUT2D eigenvalue weighted by Crippen LogP contribution is 2.41. The Kier molecular flexibility index (Phi) is 6.09. The molecular formula is C25H27FN4O3. The van der Waals surface area contributed by atoms with Crippen molar-refractivity contribution in [3.05, 3.63) is 53.7 Å². The first kappa shape index (κ1) is 21.6. The van der Waals surface area contributed by atoms with E-state index in [-0.39, 0.29) is 24.1 Å². The van der Waals surface area contributed by atoms with E-state index in [1.807, 2.05) is 25.1 Å². The number of hydrogen-bond donors (Lipinski definition) is 2. The third-order valence-electron chi connectivity index (χ3n) is 6.50. The lowest BCUT2D eigenvalue weighted by molar-refractivity contribution is -0.118. The minimum absolute atomic E-state index is 0.0373. The lowest BCUT2D eigenvalue weighted by atomic mass is 9.78. The van der Waals surface area contributed by atoms with Crippen molar-refractivity contribution >= 4 is 22.5 Å². The summed E-state index contributed by atoms with van der Waals surface area (Å²) in [5.74, 6) is 1.35. The second kappa shape index (κ2) is 9.31. The maximum Gasteiger partial charge on any atom is 0.262 e. The average Bonchev–Trinajstić information content (AvgIpc) is 2.83. The number of piperidine rings is 1. The maximum atomic E-state index is 15.6. The highest BCUT2D eigenvalue weighted by molar-refractivity contribution is 5.95. The predicted octanol–water partition coefficient (Wildman–Crippen LogP) is 3.96. The molecule has 3 heterocycles. The largest absolute Gasteiger partial charge is 0.493 e. The van der Waals surface area contributed by atoms with Crippen LogP contribution in [0.3, 0.4) is 0 Å². The molecule has 0 saturated carbocycles. The smallest absolute Gasteiger partial charge is 0.262 e. The Balaban J connectivity index is 1.39. The molecule has 2 aliphatic heterocycles. The number of amides is 1. The molecule has 0 spiro atoms. The summed E-state index contributed by atoms with van der Waals surface area (Å²) in [4.78, 5) is 20.5. The number of anilines is 1. The Bertz CT molecular complexity index is 1180. The van der Waals surface area contributed by atoms with E-state index in [2.05, 4.69) is 20.6 Å². The lowest BCUT2D eigenvalue weighted by Gasteiger charge is -2.32. The fourth-order valence-corrected chi connectivity index (χ4v) is 4.85. The van der Waals surface area contributed by atoms with Crippen LogP contribution in [-0.2, 0) is 4.79 Å². The number of aromatic nitrogens is 2. The molecule has 0 radical (unpaired) electrons. The second-order valence-corrected chi connectivity index (χ2v) is 8.62. The Morgan fingerprint density at radius 2 is 2.09 bits per heavy atom. The topological polar surface area (TPSA) is 85.4 Å². The van der Waals surface area contributed by atoms with Crippen molar-refractivity contribution in [2.45, 2.75) is 32.1 Å². The number of halogens is 1. The van der Waals surface area contributed by atoms with Crippen LogP contribution in [0.5, 0.6) is 11.5 Å². The van der Waals surface area contributed by atoms with Crippen LogP contribution < -0.4 is 20.1 Å². The molecule has 7 nitrogen and oxygen atoms in total. The third-order valence-corrected chi connectivity index (χ3v) is 6.50. The predicted molar refractivity (Wildman–Crippen MR) is 123 cm³/mol. The summed E-state index contributed by atoms with van der Waals surface area (Å²) in [5, 5.41) is 6.88. The van der Waals surface area contributed by atoms with Gasteiger partial charge < -0.3 is 20.1 Å². The quantitative estimate of drug-likeness (QED) is 0.591. The van der Waals surface area contributed by atoms with Gasteiger partial charge >= 0.3 is 0 Å². The number of benzene rings is 2. The van der Waals surface area contributed by atoms with Gasteiger partial charge in [0.1, 0.15) is 23.0 Å². The highest BCUT2D eigenvalue weighted by atomic mass is 19.1. The normalized spacial score (nSPS) is 17.2. The molecule has 3 aromatic rings. The van der Waals surface area contributed by atoms with Crippen LogP contribution in [0.4, 0.5) is 10.1 Å². The van der Waals surface area contributed by atoms with Gasteiger partial charge in [0.15, 0.2) is 12.4 Å². The fourth-order valence-electron chi connectivity index (χ4n) is 4.85. The van der Waals surface area contributed by atoms with Gasteiger partial charge in [0.05, 0.1) is 17.5 Å². The standard InChI is InChI=1S/C25H27FN4O3/c1-15-28-13-19-20(29-15)3-2-4-21(19)32-12-9-17(16-7-10-27-11-8-16)18-5-6-22-25(24(18)26)30-23(31)14-33-22/h2-6,13,16-17,27H,7-12,14H2,1H3,(H,30,31). The molecular weight excluding hydrogens is 423 g/mol. The van der Waals surface area contributed by atoms with Crippen LogP contribution in [0.2, 0.25) is 0 Å². The minimum atomic E-state index is -0.405. The minimum Gasteiger partial charge on any atom is -0.493 e. The molecule has 1 amide bonds. The van der Waals surface area contributed by atoms with E-state index >= 15 is 4.39 Å². The molecule has 1 atom stereocenters. The second-order valence-electron chi connectivity index (χ2n) is 8.62. The zero-order valence-electron chi connectivity index (χ0n) is 18.6. The molecule has 0 bridgehead atoms. The molecule has 0 aliphatic carbocycles. The number of aryl methyl sites for hydroxylation is 1. The number of nitrogens with zero attached hydrogens (tertiary/aromatic N) is 2. The van der Waals surface area contributed by atoms with Gasteiger partial charge in [-0.3, -0.25) is 4.79 Å². The van der Waals surface area contributed by atoms with Crippen LogP contribution in [0, 0.1) is 18.7 Å². The van der Waals surface area contributed by atoms with Crippen LogP contribution in [0.15, 0.2) is 36.5 Å². The van der Waals surface area contributed by atoms with E-state index in [0.29, 0.717) is 36.1 Å². The Morgan fingerprint density at radius 3 is 2.94 bits per heavy atom. The molecule has 2 aliphatic rings. The van der Waals surface area contributed by atoms with E-state index < -0.39 is 5.82 Å². The van der Waals surface area contributed by atoms with Gasteiger partial charge in [-0.2, -0.15) is 0 Å². The summed E-state index contributed by atoms with van der Waals surface area (Å²) in [6, 6.07) is 9.32. The van der Waals surface area contributed by atoms with Crippen LogP contribution in [0.1, 0.15) is 36.6 Å². The van der Waals surface area contributed by atoms with Gasteiger partial charge in [-0.15, -0.1) is 0 Å². The van der Waals surface area contributed by atoms with Gasteiger partial charge in [0.2, 0.25) is 0 Å². The van der Waals surface area contributed by atoms with E-state index in [0.717, 1.165) is 42.6 Å². The van der Waals surface area contributed by atoms with Crippen molar-refractivity contribution in [3.8, 4) is 11.5 Å². The number of carbonyl (C=O) groups excluding carboxylic acids is 1. The number of hydrogen-bond acceptors (Lipinski definition) is 6. The van der Waals surface area contributed by atoms with Gasteiger partial charge in [-0.05, 0) is 74.9 Å². The van der Waals surface area contributed by atoms with Gasteiger partial charge in [0.25, 0.3) is 5.91 Å². The maximum absolute atomic E-state index is 15.6. The van der Waals surface area contributed by atoms with E-state index in [1.54, 1.807) is 18.3 Å². The first-order valence-electron chi connectivity index (χ1n) is 11.4. The highest BCUT2D eigenvalue weighted by Gasteiger charge is 2.30. The summed E-state index contributed by atoms with van der Waals surface area (Å²) >= 11 is 0. The van der Waals surface area contributed by atoms with Crippen molar-refractivity contribution in [2.24, 2.45) is 5.92 Å². The SMILES string of the molecule is Cc1ncc2c(OCCC(c3ccc4c(c3F)NC(=O)CO4)C3CCNCC3)cccc2n1. The molecule has 1 fully saturated rings. The van der Waals surface area contributed by atoms with Crippen molar-refractivity contribution in [1.82, 2.24) is 15.3 Å². The van der Waals surface area contributed by atoms with Crippen molar-refractivity contribution in [2.75, 3.05) is 31.6 Å². The summed E-state index contributed by atoms with van der Waals surface area (Å²) < 4.78 is 27.1. The summed E-state index contributed by atoms with van der Waals surface area (Å²) in [7, 11) is 0. The van der Waals surface area contributed by atoms with Crippen LogP contribution in [0.25, 0.3) is 10.9 Å². The average molecular weight is 451 g/mol. The van der Waals surface area contributed by atoms with Gasteiger partial charge in [0, 0.05) is 6.20 Å². The van der Waals surface area contributed by atoms with Crippen molar-refractivity contribution in [1.29, 1.82) is 0 Å². The van der Waals surface area contributed by atoms with E-state index in [9.17, 15) is 4.79 Å². The number of nitrogens with one attached hydrogen (secondary N) is 2. The monoisotopic (exact) mass is 450 g/mol. The van der Waals surface area contributed by atoms with Crippen LogP contribution in [-0.4, -0.2) is 42.2 Å². The number of ether oxygens (including phenoxy) is 2. The number of fused-ring (bicyclic) bond motifs is 2. The lowest BCUT2D eigenvalue weighted by Crippen LogP contribution is -2.32. The fraction of sp³-hybridized carbons (Fsp3) is 0.400. The van der Waals surface area contributed by atoms with Crippen molar-refractivity contribution in [3.63, 3.8) is 0 Å². The first-order valence-corrected chi connectivity index (χ1v) is 11.4. The first-order chi connectivity index (χ1) is 16.1. The number of rotatable bonds is 6. The molecule has 1 unspecified atom stereocenters. The number of carbonyl (C=O) groups is 1. The van der Waals surface area contributed by atoms with Gasteiger partial charge in [-0.25, -0.2) is 14.4 Å². The van der Waals surface area contributed by atoms with E-state index in [1.165, 1.54) is 0 Å². The molecule has 5 rings (SSSR count). The molecule has 172 valence electrons. The summed E-state index contributed by atoms with van der Waals surface area (Å²) in [5.41, 5.74) is 1.59. The third kappa shape index (κ3) is 4.48. The van der Waals surface area contributed by atoms with Crippen molar-refractivity contribution < 1.29 is 18.7 Å². The van der Waals surface area contributed by atoms with Gasteiger partial charge in [-0.1, -0.05) is 12.1 Å². The Labute approximate surface area is 191 Å². The van der Waals surface area contributed by atoms with E-state index in [4.69, 9.17) is 9.47 Å². The molecule has 1 saturated heterocycles.